The Balaban J connectivity index is 3.09. The van der Waals surface area contributed by atoms with Gasteiger partial charge in [0.2, 0.25) is 0 Å². The second-order valence-electron chi connectivity index (χ2n) is 9.72. The number of esters is 1. The summed E-state index contributed by atoms with van der Waals surface area (Å²) in [5.41, 5.74) is 0. The Kier molecular flexibility index (Phi) is 31.7. The van der Waals surface area contributed by atoms with E-state index < -0.39 is 0 Å². The summed E-state index contributed by atoms with van der Waals surface area (Å²) >= 11 is 0. The molecular formula is C30H60O6. The second kappa shape index (κ2) is 32.3. The molecule has 0 aromatic heterocycles. The van der Waals surface area contributed by atoms with Crippen LogP contribution in [0.4, 0.5) is 0 Å². The summed E-state index contributed by atoms with van der Waals surface area (Å²) in [6.07, 6.45) is 22.5. The van der Waals surface area contributed by atoms with Crippen molar-refractivity contribution in [2.45, 2.75) is 129 Å². The highest BCUT2D eigenvalue weighted by Gasteiger charge is 2.02. The van der Waals surface area contributed by atoms with Crippen LogP contribution in [0, 0.1) is 0 Å². The van der Waals surface area contributed by atoms with E-state index in [1.54, 1.807) is 0 Å². The quantitative estimate of drug-likeness (QED) is 0.0696. The molecule has 0 fully saturated rings. The van der Waals surface area contributed by atoms with Crippen molar-refractivity contribution in [3.05, 3.63) is 0 Å². The maximum atomic E-state index is 11.6. The summed E-state index contributed by atoms with van der Waals surface area (Å²) in [7, 11) is 0. The zero-order chi connectivity index (χ0) is 26.2. The SMILES string of the molecule is CCCCCCCCCCCCCOCCOCCOCCOCCOC(=O)CCCCCCCC. The number of unbranched alkanes of at least 4 members (excludes halogenated alkanes) is 15. The Hall–Kier alpha value is -0.690. The van der Waals surface area contributed by atoms with Crippen molar-refractivity contribution in [2.75, 3.05) is 59.5 Å². The third-order valence-electron chi connectivity index (χ3n) is 6.23. The van der Waals surface area contributed by atoms with E-state index in [2.05, 4.69) is 13.8 Å². The molecule has 6 nitrogen and oxygen atoms in total. The molecule has 0 atom stereocenters. The van der Waals surface area contributed by atoms with Crippen LogP contribution >= 0.6 is 0 Å². The minimum absolute atomic E-state index is 0.120. The van der Waals surface area contributed by atoms with Crippen LogP contribution < -0.4 is 0 Å². The first kappa shape index (κ1) is 35.3. The smallest absolute Gasteiger partial charge is 0.305 e. The molecule has 0 aliphatic heterocycles. The third-order valence-corrected chi connectivity index (χ3v) is 6.23. The van der Waals surface area contributed by atoms with Crippen molar-refractivity contribution >= 4 is 5.97 Å². The Morgan fingerprint density at radius 1 is 0.389 bits per heavy atom. The summed E-state index contributed by atoms with van der Waals surface area (Å²) in [5, 5.41) is 0. The van der Waals surface area contributed by atoms with Gasteiger partial charge in [-0.05, 0) is 12.8 Å². The van der Waals surface area contributed by atoms with E-state index in [0.29, 0.717) is 59.3 Å². The molecule has 0 saturated heterocycles. The van der Waals surface area contributed by atoms with Crippen molar-refractivity contribution in [3.63, 3.8) is 0 Å². The molecule has 0 aliphatic carbocycles. The fourth-order valence-electron chi connectivity index (χ4n) is 3.97. The Morgan fingerprint density at radius 3 is 1.17 bits per heavy atom. The third kappa shape index (κ3) is 31.3. The van der Waals surface area contributed by atoms with Crippen molar-refractivity contribution in [3.8, 4) is 0 Å². The van der Waals surface area contributed by atoms with Gasteiger partial charge in [0.15, 0.2) is 0 Å². The van der Waals surface area contributed by atoms with Crippen LogP contribution in [0.5, 0.6) is 0 Å². The molecule has 216 valence electrons. The van der Waals surface area contributed by atoms with Gasteiger partial charge in [-0.1, -0.05) is 110 Å². The molecule has 0 rings (SSSR count). The van der Waals surface area contributed by atoms with Crippen LogP contribution in [0.25, 0.3) is 0 Å². The standard InChI is InChI=1S/C30H60O6/c1-3-5-7-9-11-12-13-14-15-17-19-21-32-22-23-33-24-25-34-26-27-35-28-29-36-30(31)20-18-16-10-8-6-4-2/h3-29H2,1-2H3. The molecule has 0 aliphatic rings. The number of hydrogen-bond acceptors (Lipinski definition) is 6. The molecule has 0 aromatic rings. The molecular weight excluding hydrogens is 456 g/mol. The van der Waals surface area contributed by atoms with Gasteiger partial charge in [0, 0.05) is 13.0 Å². The van der Waals surface area contributed by atoms with E-state index >= 15 is 0 Å². The first-order chi connectivity index (χ1) is 17.8. The van der Waals surface area contributed by atoms with Gasteiger partial charge in [-0.15, -0.1) is 0 Å². The van der Waals surface area contributed by atoms with Gasteiger partial charge >= 0.3 is 5.97 Å². The summed E-state index contributed by atoms with van der Waals surface area (Å²) in [5.74, 6) is -0.120. The van der Waals surface area contributed by atoms with E-state index in [0.717, 1.165) is 25.9 Å². The lowest BCUT2D eigenvalue weighted by Crippen LogP contribution is -2.14. The molecule has 0 unspecified atom stereocenters. The molecule has 6 heteroatoms. The summed E-state index contributed by atoms with van der Waals surface area (Å²) in [6, 6.07) is 0. The zero-order valence-corrected chi connectivity index (χ0v) is 24.0. The average molecular weight is 517 g/mol. The molecule has 0 heterocycles. The first-order valence-electron chi connectivity index (χ1n) is 15.3. The van der Waals surface area contributed by atoms with E-state index in [9.17, 15) is 4.79 Å². The molecule has 0 spiro atoms. The lowest BCUT2D eigenvalue weighted by molar-refractivity contribution is -0.145. The monoisotopic (exact) mass is 516 g/mol. The lowest BCUT2D eigenvalue weighted by Gasteiger charge is -2.08. The van der Waals surface area contributed by atoms with Crippen molar-refractivity contribution in [1.82, 2.24) is 0 Å². The maximum absolute atomic E-state index is 11.6. The normalized spacial score (nSPS) is 11.3. The highest BCUT2D eigenvalue weighted by atomic mass is 16.6. The van der Waals surface area contributed by atoms with Gasteiger partial charge in [0.25, 0.3) is 0 Å². The Bertz CT molecular complexity index is 418. The first-order valence-corrected chi connectivity index (χ1v) is 15.3. The largest absolute Gasteiger partial charge is 0.463 e. The van der Waals surface area contributed by atoms with Crippen molar-refractivity contribution in [1.29, 1.82) is 0 Å². The van der Waals surface area contributed by atoms with Crippen LogP contribution in [0.15, 0.2) is 0 Å². The van der Waals surface area contributed by atoms with Gasteiger partial charge in [0.1, 0.15) is 6.61 Å². The summed E-state index contributed by atoms with van der Waals surface area (Å²) in [4.78, 5) is 11.6. The van der Waals surface area contributed by atoms with Crippen LogP contribution in [0.1, 0.15) is 129 Å². The molecule has 0 aromatic carbocycles. The molecule has 0 N–H and O–H groups in total. The van der Waals surface area contributed by atoms with E-state index in [4.69, 9.17) is 23.7 Å². The maximum Gasteiger partial charge on any atom is 0.305 e. The molecule has 0 radical (unpaired) electrons. The summed E-state index contributed by atoms with van der Waals surface area (Å²) in [6.45, 7) is 9.44. The molecule has 0 saturated carbocycles. The van der Waals surface area contributed by atoms with E-state index in [-0.39, 0.29) is 5.97 Å². The van der Waals surface area contributed by atoms with Gasteiger partial charge in [-0.2, -0.15) is 0 Å². The topological polar surface area (TPSA) is 63.2 Å². The minimum Gasteiger partial charge on any atom is -0.463 e. The average Bonchev–Trinajstić information content (AvgIpc) is 2.88. The van der Waals surface area contributed by atoms with Gasteiger partial charge in [-0.3, -0.25) is 4.79 Å². The van der Waals surface area contributed by atoms with E-state index in [1.807, 2.05) is 0 Å². The van der Waals surface area contributed by atoms with Crippen molar-refractivity contribution < 1.29 is 28.5 Å². The minimum atomic E-state index is -0.120. The molecule has 36 heavy (non-hydrogen) atoms. The van der Waals surface area contributed by atoms with E-state index in [1.165, 1.54) is 89.9 Å². The Labute approximate surface area is 223 Å². The highest BCUT2D eigenvalue weighted by molar-refractivity contribution is 5.69. The number of ether oxygens (including phenoxy) is 5. The molecule has 0 amide bonds. The number of carbonyl (C=O) groups is 1. The van der Waals surface area contributed by atoms with Crippen LogP contribution in [0.3, 0.4) is 0 Å². The Morgan fingerprint density at radius 2 is 0.722 bits per heavy atom. The zero-order valence-electron chi connectivity index (χ0n) is 24.0. The second-order valence-corrected chi connectivity index (χ2v) is 9.72. The summed E-state index contributed by atoms with van der Waals surface area (Å²) < 4.78 is 27.2. The van der Waals surface area contributed by atoms with Crippen LogP contribution in [-0.2, 0) is 28.5 Å². The van der Waals surface area contributed by atoms with Gasteiger partial charge in [-0.25, -0.2) is 0 Å². The lowest BCUT2D eigenvalue weighted by atomic mass is 10.1. The predicted octanol–water partition coefficient (Wildman–Crippen LogP) is 7.66. The number of carbonyl (C=O) groups excluding carboxylic acids is 1. The van der Waals surface area contributed by atoms with Crippen LogP contribution in [-0.4, -0.2) is 65.4 Å². The number of rotatable bonds is 31. The molecule has 0 bridgehead atoms. The van der Waals surface area contributed by atoms with Gasteiger partial charge in [0.05, 0.1) is 46.2 Å². The fraction of sp³-hybridized carbons (Fsp3) is 0.967. The van der Waals surface area contributed by atoms with Crippen molar-refractivity contribution in [2.24, 2.45) is 0 Å². The predicted molar refractivity (Wildman–Crippen MR) is 149 cm³/mol. The highest BCUT2D eigenvalue weighted by Crippen LogP contribution is 2.11. The number of hydrogen-bond donors (Lipinski definition) is 0. The van der Waals surface area contributed by atoms with Gasteiger partial charge < -0.3 is 23.7 Å². The fourth-order valence-corrected chi connectivity index (χ4v) is 3.97. The van der Waals surface area contributed by atoms with Crippen LogP contribution in [0.2, 0.25) is 0 Å².